The molecule has 35 heavy (non-hydrogen) atoms. The van der Waals surface area contributed by atoms with E-state index >= 15 is 0 Å². The summed E-state index contributed by atoms with van der Waals surface area (Å²) in [7, 11) is 0. The number of alkyl halides is 2. The van der Waals surface area contributed by atoms with Crippen LogP contribution in [0.25, 0.3) is 10.2 Å². The van der Waals surface area contributed by atoms with Crippen LogP contribution in [0.4, 0.5) is 8.78 Å². The van der Waals surface area contributed by atoms with Crippen LogP contribution in [0, 0.1) is 23.2 Å². The first kappa shape index (κ1) is 24.0. The number of piperidine rings is 3. The fraction of sp³-hybridized carbons (Fsp3) is 0.565. The number of carbonyl (C=O) groups excluding carboxylic acids is 3. The monoisotopic (exact) mass is 523 g/mol. The molecule has 3 saturated heterocycles. The summed E-state index contributed by atoms with van der Waals surface area (Å²) in [6.45, 7) is 0.567. The number of thiophene rings is 1. The van der Waals surface area contributed by atoms with E-state index in [0.29, 0.717) is 29.9 Å². The van der Waals surface area contributed by atoms with Gasteiger partial charge in [0.05, 0.1) is 27.2 Å². The van der Waals surface area contributed by atoms with Crippen LogP contribution in [-0.2, 0) is 9.59 Å². The summed E-state index contributed by atoms with van der Waals surface area (Å²) in [5.74, 6) is -6.42. The van der Waals surface area contributed by atoms with Gasteiger partial charge in [0.1, 0.15) is 17.8 Å². The zero-order valence-electron chi connectivity index (χ0n) is 18.7. The summed E-state index contributed by atoms with van der Waals surface area (Å²) in [5, 5.41) is 17.1. The van der Waals surface area contributed by atoms with Gasteiger partial charge in [-0.1, -0.05) is 11.6 Å². The molecule has 0 spiro atoms. The van der Waals surface area contributed by atoms with E-state index in [1.54, 1.807) is 11.4 Å². The Morgan fingerprint density at radius 1 is 1.37 bits per heavy atom. The Labute approximate surface area is 209 Å². The largest absolute Gasteiger partial charge is 0.356 e. The lowest BCUT2D eigenvalue weighted by atomic mass is 9.71. The Balaban J connectivity index is 1.40. The normalized spacial score (nSPS) is 28.4. The van der Waals surface area contributed by atoms with Crippen LogP contribution in [-0.4, -0.2) is 58.2 Å². The molecular formula is C23H24ClF2N5O3S. The summed E-state index contributed by atoms with van der Waals surface area (Å²) in [6, 6.07) is 0.338. The molecule has 3 amide bonds. The number of fused-ring (bicyclic) bond motifs is 4. The molecule has 12 heteroatoms. The highest BCUT2D eigenvalue weighted by atomic mass is 35.5. The number of amides is 3. The SMILES string of the molecule is N#C[C@H](C[C@@H]1CCCNC1=O)NC(=O)[C@H]1[C@H]2CC[C@H](CC2(F)F)N1C(=O)c1cc2scc(Cl)c2[nH]1. The second kappa shape index (κ2) is 9.06. The molecule has 3 N–H and O–H groups in total. The maximum atomic E-state index is 14.9. The van der Waals surface area contributed by atoms with Crippen molar-refractivity contribution in [2.75, 3.05) is 6.54 Å². The number of rotatable bonds is 5. The molecular weight excluding hydrogens is 500 g/mol. The number of carbonyl (C=O) groups is 3. The lowest BCUT2D eigenvalue weighted by Gasteiger charge is -2.53. The van der Waals surface area contributed by atoms with E-state index in [1.807, 2.05) is 6.07 Å². The van der Waals surface area contributed by atoms with Crippen molar-refractivity contribution in [2.45, 2.75) is 62.6 Å². The third-order valence-corrected chi connectivity index (χ3v) is 8.73. The van der Waals surface area contributed by atoms with Crippen molar-refractivity contribution in [3.05, 3.63) is 22.2 Å². The van der Waals surface area contributed by atoms with Gasteiger partial charge in [0.15, 0.2) is 0 Å². The molecule has 1 aliphatic carbocycles. The molecule has 0 aromatic carbocycles. The Kier molecular flexibility index (Phi) is 6.21. The number of aromatic amines is 1. The van der Waals surface area contributed by atoms with Crippen LogP contribution in [0.1, 0.15) is 49.0 Å². The van der Waals surface area contributed by atoms with Crippen molar-refractivity contribution in [1.29, 1.82) is 5.26 Å². The maximum Gasteiger partial charge on any atom is 0.271 e. The first-order valence-electron chi connectivity index (χ1n) is 11.6. The van der Waals surface area contributed by atoms with Crippen molar-refractivity contribution < 1.29 is 23.2 Å². The van der Waals surface area contributed by atoms with Gasteiger partial charge >= 0.3 is 0 Å². The third-order valence-electron chi connectivity index (χ3n) is 7.37. The highest BCUT2D eigenvalue weighted by Crippen LogP contribution is 2.49. The minimum absolute atomic E-state index is 0.0879. The Morgan fingerprint density at radius 3 is 2.86 bits per heavy atom. The number of nitriles is 1. The molecule has 2 aromatic rings. The number of H-pyrrole nitrogens is 1. The van der Waals surface area contributed by atoms with Crippen LogP contribution in [0.15, 0.2) is 11.4 Å². The van der Waals surface area contributed by atoms with Gasteiger partial charge in [-0.25, -0.2) is 8.78 Å². The van der Waals surface area contributed by atoms with Gasteiger partial charge in [0.2, 0.25) is 11.8 Å². The zero-order valence-corrected chi connectivity index (χ0v) is 20.2. The molecule has 5 atom stereocenters. The van der Waals surface area contributed by atoms with E-state index in [2.05, 4.69) is 15.6 Å². The van der Waals surface area contributed by atoms with Gasteiger partial charge in [-0.2, -0.15) is 5.26 Å². The molecule has 3 aliphatic heterocycles. The molecule has 4 aliphatic rings. The van der Waals surface area contributed by atoms with Crippen LogP contribution >= 0.6 is 22.9 Å². The smallest absolute Gasteiger partial charge is 0.271 e. The molecule has 8 nitrogen and oxygen atoms in total. The van der Waals surface area contributed by atoms with Crippen molar-refractivity contribution in [1.82, 2.24) is 20.5 Å². The zero-order chi connectivity index (χ0) is 24.9. The quantitative estimate of drug-likeness (QED) is 0.556. The average molecular weight is 524 g/mol. The Hall–Kier alpha value is -2.71. The van der Waals surface area contributed by atoms with E-state index in [1.165, 1.54) is 16.2 Å². The highest BCUT2D eigenvalue weighted by molar-refractivity contribution is 7.17. The minimum atomic E-state index is -3.10. The Morgan fingerprint density at radius 2 is 2.17 bits per heavy atom. The van der Waals surface area contributed by atoms with Crippen LogP contribution in [0.3, 0.4) is 0 Å². The van der Waals surface area contributed by atoms with Gasteiger partial charge in [-0.15, -0.1) is 11.3 Å². The summed E-state index contributed by atoms with van der Waals surface area (Å²) in [6.07, 6.45) is 1.41. The van der Waals surface area contributed by atoms with Crippen molar-refractivity contribution >= 4 is 50.9 Å². The molecule has 0 radical (unpaired) electrons. The van der Waals surface area contributed by atoms with Crippen molar-refractivity contribution in [3.63, 3.8) is 0 Å². The molecule has 0 unspecified atom stereocenters. The van der Waals surface area contributed by atoms with E-state index in [0.717, 1.165) is 11.1 Å². The lowest BCUT2D eigenvalue weighted by molar-refractivity contribution is -0.179. The predicted octanol–water partition coefficient (Wildman–Crippen LogP) is 3.44. The van der Waals surface area contributed by atoms with E-state index in [-0.39, 0.29) is 24.4 Å². The van der Waals surface area contributed by atoms with E-state index in [4.69, 9.17) is 11.6 Å². The second-order valence-electron chi connectivity index (χ2n) is 9.52. The van der Waals surface area contributed by atoms with Crippen molar-refractivity contribution in [2.24, 2.45) is 11.8 Å². The number of nitrogens with zero attached hydrogens (tertiary/aromatic N) is 2. The highest BCUT2D eigenvalue weighted by Gasteiger charge is 2.60. The van der Waals surface area contributed by atoms with Gasteiger partial charge in [-0.3, -0.25) is 14.4 Å². The average Bonchev–Trinajstić information content (AvgIpc) is 3.40. The number of halogens is 3. The molecule has 186 valence electrons. The molecule has 5 heterocycles. The molecule has 2 bridgehead atoms. The molecule has 1 saturated carbocycles. The van der Waals surface area contributed by atoms with E-state index < -0.39 is 54.1 Å². The number of nitrogens with one attached hydrogen (secondary N) is 3. The molecule has 4 fully saturated rings. The van der Waals surface area contributed by atoms with Crippen LogP contribution < -0.4 is 10.6 Å². The van der Waals surface area contributed by atoms with E-state index in [9.17, 15) is 28.4 Å². The third kappa shape index (κ3) is 4.27. The summed E-state index contributed by atoms with van der Waals surface area (Å²) in [5.41, 5.74) is 0.766. The molecule has 2 aromatic heterocycles. The fourth-order valence-electron chi connectivity index (χ4n) is 5.68. The predicted molar refractivity (Wildman–Crippen MR) is 125 cm³/mol. The Bertz CT molecular complexity index is 1220. The van der Waals surface area contributed by atoms with Gasteiger partial charge in [0.25, 0.3) is 11.8 Å². The number of aromatic nitrogens is 1. The summed E-state index contributed by atoms with van der Waals surface area (Å²) >= 11 is 7.50. The topological polar surface area (TPSA) is 118 Å². The summed E-state index contributed by atoms with van der Waals surface area (Å²) < 4.78 is 30.6. The van der Waals surface area contributed by atoms with Crippen molar-refractivity contribution in [3.8, 4) is 6.07 Å². The first-order valence-corrected chi connectivity index (χ1v) is 12.9. The van der Waals surface area contributed by atoms with Gasteiger partial charge < -0.3 is 20.5 Å². The summed E-state index contributed by atoms with van der Waals surface area (Å²) in [4.78, 5) is 43.2. The van der Waals surface area contributed by atoms with Crippen LogP contribution in [0.5, 0.6) is 0 Å². The van der Waals surface area contributed by atoms with Gasteiger partial charge in [0, 0.05) is 30.3 Å². The van der Waals surface area contributed by atoms with Crippen LogP contribution in [0.2, 0.25) is 5.02 Å². The lowest BCUT2D eigenvalue weighted by Crippen LogP contribution is -2.68. The van der Waals surface area contributed by atoms with Gasteiger partial charge in [-0.05, 0) is 38.2 Å². The second-order valence-corrected chi connectivity index (χ2v) is 10.8. The molecule has 6 rings (SSSR count). The fourth-order valence-corrected chi connectivity index (χ4v) is 6.83. The standard InChI is InChI=1S/C23H24ClF2N5O3S/c24-15-10-35-17-7-16(30-18(15)17)22(34)31-13-3-4-14(23(25,26)8-13)19(31)21(33)29-12(9-27)6-11-2-1-5-28-20(11)32/h7,10-14,19,30H,1-6,8H2,(H,28,32)(H,29,33)/t11-,12-,13+,14+,19+/m0/s1. The number of hydrogen-bond donors (Lipinski definition) is 3. The first-order chi connectivity index (χ1) is 16.7. The minimum Gasteiger partial charge on any atom is -0.356 e. The maximum absolute atomic E-state index is 14.9. The number of hydrogen-bond acceptors (Lipinski definition) is 5.